The van der Waals surface area contributed by atoms with Gasteiger partial charge in [0.05, 0.1) is 0 Å². The van der Waals surface area contributed by atoms with Crippen molar-refractivity contribution in [3.63, 3.8) is 0 Å². The van der Waals surface area contributed by atoms with Crippen LogP contribution in [0.1, 0.15) is 28.4 Å². The van der Waals surface area contributed by atoms with E-state index < -0.39 is 0 Å². The predicted octanol–water partition coefficient (Wildman–Crippen LogP) is 4.12. The minimum atomic E-state index is -0.0155. The van der Waals surface area contributed by atoms with E-state index in [1.54, 1.807) is 24.7 Å². The zero-order valence-electron chi connectivity index (χ0n) is 11.0. The number of para-hydroxylation sites is 1. The number of rotatable bonds is 3. The molecule has 0 aliphatic carbocycles. The van der Waals surface area contributed by atoms with E-state index in [2.05, 4.69) is 38.9 Å². The average Bonchev–Trinajstić information content (AvgIpc) is 2.90. The first-order valence-corrected chi connectivity index (χ1v) is 7.24. The largest absolute Gasteiger partial charge is 0.360 e. The van der Waals surface area contributed by atoms with Crippen molar-refractivity contribution < 1.29 is 4.79 Å². The van der Waals surface area contributed by atoms with E-state index in [0.29, 0.717) is 11.1 Å². The van der Waals surface area contributed by atoms with Crippen LogP contribution in [0.4, 0.5) is 0 Å². The molecule has 0 bridgehead atoms. The maximum atomic E-state index is 12.6. The number of fused-ring (bicyclic) bond motifs is 1. The molecule has 1 aromatic carbocycles. The molecule has 2 aromatic heterocycles. The highest BCUT2D eigenvalue weighted by Crippen LogP contribution is 2.24. The number of benzene rings is 1. The van der Waals surface area contributed by atoms with Crippen molar-refractivity contribution in [3.05, 3.63) is 64.0 Å². The van der Waals surface area contributed by atoms with Crippen molar-refractivity contribution in [1.82, 2.24) is 9.97 Å². The molecule has 20 heavy (non-hydrogen) atoms. The number of halogens is 1. The summed E-state index contributed by atoms with van der Waals surface area (Å²) in [5.74, 6) is -0.0155. The SMILES string of the molecule is CCc1cccc2c(C(=O)c3cncc(Br)c3)c[nH]c12. The Balaban J connectivity index is 2.13. The van der Waals surface area contributed by atoms with Gasteiger partial charge in [-0.25, -0.2) is 0 Å². The first-order valence-electron chi connectivity index (χ1n) is 6.45. The lowest BCUT2D eigenvalue weighted by atomic mass is 10.0. The van der Waals surface area contributed by atoms with E-state index >= 15 is 0 Å². The molecular weight excluding hydrogens is 316 g/mol. The van der Waals surface area contributed by atoms with E-state index in [0.717, 1.165) is 21.8 Å². The van der Waals surface area contributed by atoms with Crippen LogP contribution in [0, 0.1) is 0 Å². The van der Waals surface area contributed by atoms with E-state index in [4.69, 9.17) is 0 Å². The summed E-state index contributed by atoms with van der Waals surface area (Å²) in [6, 6.07) is 7.83. The fourth-order valence-corrected chi connectivity index (χ4v) is 2.76. The Morgan fingerprint density at radius 2 is 2.20 bits per heavy atom. The smallest absolute Gasteiger partial charge is 0.196 e. The Hall–Kier alpha value is -1.94. The first-order chi connectivity index (χ1) is 9.70. The predicted molar refractivity (Wildman–Crippen MR) is 83.0 cm³/mol. The number of hydrogen-bond acceptors (Lipinski definition) is 2. The molecule has 2 heterocycles. The van der Waals surface area contributed by atoms with Gasteiger partial charge in [-0.05, 0) is 34.0 Å². The fraction of sp³-hybridized carbons (Fsp3) is 0.125. The molecule has 0 radical (unpaired) electrons. The molecule has 3 rings (SSSR count). The van der Waals surface area contributed by atoms with Crippen LogP contribution in [-0.2, 0) is 6.42 Å². The topological polar surface area (TPSA) is 45.8 Å². The lowest BCUT2D eigenvalue weighted by Crippen LogP contribution is -2.01. The van der Waals surface area contributed by atoms with Gasteiger partial charge in [0.2, 0.25) is 0 Å². The first kappa shape index (κ1) is 13.1. The van der Waals surface area contributed by atoms with Gasteiger partial charge in [-0.2, -0.15) is 0 Å². The second-order valence-electron chi connectivity index (χ2n) is 4.62. The number of pyridine rings is 1. The monoisotopic (exact) mass is 328 g/mol. The Bertz CT molecular complexity index is 792. The van der Waals surface area contributed by atoms with Crippen molar-refractivity contribution >= 4 is 32.6 Å². The van der Waals surface area contributed by atoms with E-state index in [-0.39, 0.29) is 5.78 Å². The lowest BCUT2D eigenvalue weighted by Gasteiger charge is -2.02. The molecule has 0 spiro atoms. The summed E-state index contributed by atoms with van der Waals surface area (Å²) in [6.45, 7) is 2.11. The van der Waals surface area contributed by atoms with Gasteiger partial charge in [-0.1, -0.05) is 25.1 Å². The van der Waals surface area contributed by atoms with Crippen LogP contribution in [0.5, 0.6) is 0 Å². The van der Waals surface area contributed by atoms with Crippen LogP contribution in [0.2, 0.25) is 0 Å². The number of hydrogen-bond donors (Lipinski definition) is 1. The summed E-state index contributed by atoms with van der Waals surface area (Å²) < 4.78 is 0.803. The van der Waals surface area contributed by atoms with Gasteiger partial charge >= 0.3 is 0 Å². The number of aromatic nitrogens is 2. The van der Waals surface area contributed by atoms with E-state index in [1.165, 1.54) is 5.56 Å². The van der Waals surface area contributed by atoms with Crippen molar-refractivity contribution in [3.8, 4) is 0 Å². The molecule has 0 saturated carbocycles. The fourth-order valence-electron chi connectivity index (χ4n) is 2.39. The Kier molecular flexibility index (Phi) is 3.40. The van der Waals surface area contributed by atoms with E-state index in [1.807, 2.05) is 12.1 Å². The molecule has 0 saturated heterocycles. The summed E-state index contributed by atoms with van der Waals surface area (Å²) in [5.41, 5.74) is 3.53. The maximum absolute atomic E-state index is 12.6. The quantitative estimate of drug-likeness (QED) is 0.735. The second kappa shape index (κ2) is 5.21. The number of nitrogens with zero attached hydrogens (tertiary/aromatic N) is 1. The summed E-state index contributed by atoms with van der Waals surface area (Å²) in [5, 5.41) is 0.967. The number of carbonyl (C=O) groups is 1. The van der Waals surface area contributed by atoms with Crippen LogP contribution in [0.15, 0.2) is 47.3 Å². The Labute approximate surface area is 125 Å². The van der Waals surface area contributed by atoms with Crippen LogP contribution in [0.25, 0.3) is 10.9 Å². The van der Waals surface area contributed by atoms with Gasteiger partial charge in [-0.3, -0.25) is 9.78 Å². The summed E-state index contributed by atoms with van der Waals surface area (Å²) in [4.78, 5) is 19.9. The van der Waals surface area contributed by atoms with Gasteiger partial charge in [0, 0.05) is 45.1 Å². The molecule has 0 aliphatic heterocycles. The van der Waals surface area contributed by atoms with Crippen molar-refractivity contribution in [2.24, 2.45) is 0 Å². The van der Waals surface area contributed by atoms with Gasteiger partial charge in [0.15, 0.2) is 5.78 Å². The highest BCUT2D eigenvalue weighted by atomic mass is 79.9. The lowest BCUT2D eigenvalue weighted by molar-refractivity contribution is 0.104. The van der Waals surface area contributed by atoms with Crippen molar-refractivity contribution in [2.75, 3.05) is 0 Å². The van der Waals surface area contributed by atoms with Crippen molar-refractivity contribution in [1.29, 1.82) is 0 Å². The van der Waals surface area contributed by atoms with Crippen LogP contribution < -0.4 is 0 Å². The van der Waals surface area contributed by atoms with Crippen LogP contribution in [0.3, 0.4) is 0 Å². The molecular formula is C16H13BrN2O. The molecule has 3 aromatic rings. The van der Waals surface area contributed by atoms with Gasteiger partial charge < -0.3 is 4.98 Å². The van der Waals surface area contributed by atoms with Crippen LogP contribution >= 0.6 is 15.9 Å². The van der Waals surface area contributed by atoms with Crippen molar-refractivity contribution in [2.45, 2.75) is 13.3 Å². The maximum Gasteiger partial charge on any atom is 0.196 e. The van der Waals surface area contributed by atoms with E-state index in [9.17, 15) is 4.79 Å². The standard InChI is InChI=1S/C16H13BrN2O/c1-2-10-4-3-5-13-14(9-19-15(10)13)16(20)11-6-12(17)8-18-7-11/h3-9,19H,2H2,1H3. The Morgan fingerprint density at radius 3 is 2.95 bits per heavy atom. The number of ketones is 1. The minimum Gasteiger partial charge on any atom is -0.360 e. The third-order valence-electron chi connectivity index (χ3n) is 3.39. The Morgan fingerprint density at radius 1 is 1.35 bits per heavy atom. The molecule has 0 aliphatic rings. The third kappa shape index (κ3) is 2.16. The average molecular weight is 329 g/mol. The molecule has 3 nitrogen and oxygen atoms in total. The van der Waals surface area contributed by atoms with Crippen LogP contribution in [-0.4, -0.2) is 15.8 Å². The summed E-state index contributed by atoms with van der Waals surface area (Å²) >= 11 is 3.34. The summed E-state index contributed by atoms with van der Waals surface area (Å²) in [7, 11) is 0. The zero-order chi connectivity index (χ0) is 14.1. The van der Waals surface area contributed by atoms with Gasteiger partial charge in [0.1, 0.15) is 0 Å². The molecule has 1 N–H and O–H groups in total. The van der Waals surface area contributed by atoms with Gasteiger partial charge in [-0.15, -0.1) is 0 Å². The number of H-pyrrole nitrogens is 1. The number of carbonyl (C=O) groups excluding carboxylic acids is 1. The molecule has 0 amide bonds. The number of aromatic amines is 1. The highest BCUT2D eigenvalue weighted by Gasteiger charge is 2.15. The second-order valence-corrected chi connectivity index (χ2v) is 5.53. The third-order valence-corrected chi connectivity index (χ3v) is 3.83. The zero-order valence-corrected chi connectivity index (χ0v) is 12.6. The molecule has 100 valence electrons. The minimum absolute atomic E-state index is 0.0155. The normalized spacial score (nSPS) is 10.9. The number of nitrogens with one attached hydrogen (secondary N) is 1. The van der Waals surface area contributed by atoms with Gasteiger partial charge in [0.25, 0.3) is 0 Å². The summed E-state index contributed by atoms with van der Waals surface area (Å²) in [6.07, 6.45) is 5.98. The molecule has 0 atom stereocenters. The molecule has 0 unspecified atom stereocenters. The molecule has 4 heteroatoms. The highest BCUT2D eigenvalue weighted by molar-refractivity contribution is 9.10. The molecule has 0 fully saturated rings. The number of aryl methyl sites for hydroxylation is 1.